The number of thioether (sulfide) groups is 1. The maximum atomic E-state index is 16.6. The molecule has 55 heavy (non-hydrogen) atoms. The third kappa shape index (κ3) is 11.2. The zero-order valence-corrected chi connectivity index (χ0v) is 34.4. The standard InChI is InChI=1S/C30H34F5N5OS.C6H13NO.C3H5ClO/c1-7-40(21(15(4)5)11-8-14(2)3)28-17-12-19(30(33,34)35)23(24(32)25(17)38-29(39-28)41-6)16-9-10-20(31)26-22(16)18(13-36)27(37)42-26;1-7-4-3-6(5-7)8-2;1-3(5)2-4/h9-10,12,14-15,18,21,27H,7-8,11,37H2,1-6H3;6H,3-5H2,1-2H3;2H2,1H3. The molecule has 4 atom stereocenters. The molecule has 2 aliphatic rings. The van der Waals surface area contributed by atoms with Crippen LogP contribution in [0, 0.1) is 34.8 Å². The van der Waals surface area contributed by atoms with Crippen LogP contribution in [0.2, 0.25) is 0 Å². The first kappa shape index (κ1) is 46.1. The molecule has 2 N–H and O–H groups in total. The fraction of sp³-hybridized carbons (Fsp3) is 0.590. The number of aromatic nitrogens is 2. The van der Waals surface area contributed by atoms with Gasteiger partial charge in [0, 0.05) is 48.6 Å². The molecular formula is C39H52ClF5N6O3S. The van der Waals surface area contributed by atoms with E-state index < -0.39 is 40.2 Å². The number of hydrogen-bond donors (Lipinski definition) is 1. The Morgan fingerprint density at radius 2 is 1.84 bits per heavy atom. The third-order valence-corrected chi connectivity index (χ3v) is 11.1. The highest BCUT2D eigenvalue weighted by atomic mass is 35.5. The van der Waals surface area contributed by atoms with Gasteiger partial charge in [0.15, 0.2) is 5.82 Å². The summed E-state index contributed by atoms with van der Waals surface area (Å²) in [5.41, 5.74) is 3.23. The highest BCUT2D eigenvalue weighted by Crippen LogP contribution is 2.52. The van der Waals surface area contributed by atoms with E-state index in [2.05, 4.69) is 35.8 Å². The Labute approximate surface area is 330 Å². The van der Waals surface area contributed by atoms with Crippen LogP contribution in [0.25, 0.3) is 22.0 Å². The molecule has 0 spiro atoms. The Balaban J connectivity index is 0.000000529. The number of carbonyl (C=O) groups excluding carboxylic acids is 1. The Kier molecular flexibility index (Phi) is 17.0. The van der Waals surface area contributed by atoms with Crippen molar-refractivity contribution in [1.29, 1.82) is 5.26 Å². The van der Waals surface area contributed by atoms with Crippen LogP contribution in [0.1, 0.15) is 77.8 Å². The van der Waals surface area contributed by atoms with Crippen molar-refractivity contribution in [3.63, 3.8) is 0 Å². The molecule has 1 saturated heterocycles. The number of nitriles is 1. The van der Waals surface area contributed by atoms with E-state index in [0.29, 0.717) is 18.6 Å². The van der Waals surface area contributed by atoms with Gasteiger partial charge in [-0.05, 0) is 75.3 Å². The van der Waals surface area contributed by atoms with Crippen LogP contribution in [-0.2, 0) is 15.7 Å². The van der Waals surface area contributed by atoms with Crippen LogP contribution in [0.4, 0.5) is 27.8 Å². The number of benzene rings is 2. The quantitative estimate of drug-likeness (QED) is 0.149. The highest BCUT2D eigenvalue weighted by Gasteiger charge is 2.42. The molecule has 1 fully saturated rings. The van der Waals surface area contributed by atoms with E-state index in [9.17, 15) is 27.6 Å². The molecule has 9 nitrogen and oxygen atoms in total. The molecule has 1 aromatic heterocycles. The second-order valence-electron chi connectivity index (χ2n) is 14.4. The average Bonchev–Trinajstić information content (AvgIpc) is 3.72. The smallest absolute Gasteiger partial charge is 0.417 e. The summed E-state index contributed by atoms with van der Waals surface area (Å²) in [6.45, 7) is 14.3. The van der Waals surface area contributed by atoms with E-state index in [1.54, 1.807) is 7.11 Å². The minimum Gasteiger partial charge on any atom is -0.467 e. The molecule has 0 bridgehead atoms. The van der Waals surface area contributed by atoms with Crippen molar-refractivity contribution in [1.82, 2.24) is 14.9 Å². The van der Waals surface area contributed by atoms with Crippen molar-refractivity contribution in [2.45, 2.75) is 95.3 Å². The molecular weight excluding hydrogens is 763 g/mol. The number of likely N-dealkylation sites (tertiary alicyclic amines) is 1. The largest absolute Gasteiger partial charge is 0.467 e. The molecule has 0 saturated carbocycles. The fourth-order valence-corrected chi connectivity index (χ4v) is 7.85. The Morgan fingerprint density at radius 1 is 1.18 bits per heavy atom. The number of ether oxygens (including phenoxy) is 2. The molecule has 3 aromatic rings. The lowest BCUT2D eigenvalue weighted by Gasteiger charge is -2.36. The zero-order valence-electron chi connectivity index (χ0n) is 32.9. The van der Waals surface area contributed by atoms with Crippen LogP contribution >= 0.6 is 23.4 Å². The number of carbonyl (C=O) groups is 1. The minimum absolute atomic E-state index is 0.0201. The van der Waals surface area contributed by atoms with Crippen molar-refractivity contribution < 1.29 is 36.2 Å². The molecule has 4 unspecified atom stereocenters. The van der Waals surface area contributed by atoms with Gasteiger partial charge in [0.2, 0.25) is 0 Å². The number of halogens is 6. The number of fused-ring (bicyclic) bond motifs is 2. The van der Waals surface area contributed by atoms with Gasteiger partial charge in [-0.25, -0.2) is 8.78 Å². The second kappa shape index (κ2) is 20.2. The van der Waals surface area contributed by atoms with Crippen LogP contribution in [0.3, 0.4) is 0 Å². The summed E-state index contributed by atoms with van der Waals surface area (Å²) < 4.78 is 86.1. The maximum absolute atomic E-state index is 16.6. The molecule has 3 heterocycles. The van der Waals surface area contributed by atoms with Crippen molar-refractivity contribution >= 4 is 45.9 Å². The van der Waals surface area contributed by atoms with E-state index in [1.807, 2.05) is 31.7 Å². The SMILES string of the molecule is CC(=O)CCl.CCN(c1nc(OC)nc2c(F)c(-c3ccc(F)c4c3C(C#N)C(N)S4)c(C(F)(F)F)cc12)C(CCC(C)C)C(C)C.COC1CCN(C)C1. The van der Waals surface area contributed by atoms with Crippen molar-refractivity contribution in [2.24, 2.45) is 17.6 Å². The van der Waals surface area contributed by atoms with Crippen molar-refractivity contribution in [3.8, 4) is 23.2 Å². The van der Waals surface area contributed by atoms with Gasteiger partial charge in [0.05, 0.1) is 42.0 Å². The molecule has 16 heteroatoms. The van der Waals surface area contributed by atoms with Gasteiger partial charge in [-0.2, -0.15) is 28.4 Å². The number of rotatable bonds is 11. The summed E-state index contributed by atoms with van der Waals surface area (Å²) in [6, 6.07) is 4.52. The first-order valence-corrected chi connectivity index (χ1v) is 19.6. The Morgan fingerprint density at radius 3 is 2.29 bits per heavy atom. The number of likely N-dealkylation sites (N-methyl/N-ethyl adjacent to an activating group) is 1. The molecule has 2 aromatic carbocycles. The molecule has 304 valence electrons. The van der Waals surface area contributed by atoms with E-state index in [4.69, 9.17) is 26.8 Å². The lowest BCUT2D eigenvalue weighted by molar-refractivity contribution is -0.137. The maximum Gasteiger partial charge on any atom is 0.417 e. The monoisotopic (exact) mass is 814 g/mol. The summed E-state index contributed by atoms with van der Waals surface area (Å²) in [5, 5.41) is 8.71. The van der Waals surface area contributed by atoms with Gasteiger partial charge in [-0.1, -0.05) is 33.8 Å². The van der Waals surface area contributed by atoms with Crippen molar-refractivity contribution in [3.05, 3.63) is 41.0 Å². The number of Topliss-reactive ketones (excluding diaryl/α,β-unsaturated/α-hetero) is 1. The number of methoxy groups -OCH3 is 2. The lowest BCUT2D eigenvalue weighted by Crippen LogP contribution is -2.40. The normalized spacial score (nSPS) is 18.7. The zero-order chi connectivity index (χ0) is 41.4. The first-order chi connectivity index (χ1) is 25.8. The van der Waals surface area contributed by atoms with Crippen LogP contribution in [0.15, 0.2) is 23.1 Å². The fourth-order valence-electron chi connectivity index (χ4n) is 6.70. The molecule has 5 rings (SSSR count). The van der Waals surface area contributed by atoms with E-state index in [-0.39, 0.29) is 62.4 Å². The Hall–Kier alpha value is -3.29. The number of nitrogens with zero attached hydrogens (tertiary/aromatic N) is 5. The average molecular weight is 815 g/mol. The summed E-state index contributed by atoms with van der Waals surface area (Å²) in [7, 11) is 5.20. The summed E-state index contributed by atoms with van der Waals surface area (Å²) in [6.07, 6.45) is -1.68. The summed E-state index contributed by atoms with van der Waals surface area (Å²) in [4.78, 5) is 22.4. The number of alkyl halides is 4. The Bertz CT molecular complexity index is 1830. The van der Waals surface area contributed by atoms with Gasteiger partial charge >= 0.3 is 12.2 Å². The molecule has 0 amide bonds. The van der Waals surface area contributed by atoms with E-state index in [0.717, 1.165) is 49.3 Å². The van der Waals surface area contributed by atoms with Crippen LogP contribution in [-0.4, -0.2) is 85.0 Å². The summed E-state index contributed by atoms with van der Waals surface area (Å²) >= 11 is 5.82. The van der Waals surface area contributed by atoms with Crippen molar-refractivity contribution in [2.75, 3.05) is 51.7 Å². The summed E-state index contributed by atoms with van der Waals surface area (Å²) in [5.74, 6) is -2.35. The second-order valence-corrected chi connectivity index (χ2v) is 15.8. The predicted octanol–water partition coefficient (Wildman–Crippen LogP) is 9.04. The predicted molar refractivity (Wildman–Crippen MR) is 209 cm³/mol. The van der Waals surface area contributed by atoms with Gasteiger partial charge in [0.1, 0.15) is 22.9 Å². The van der Waals surface area contributed by atoms with Gasteiger partial charge in [-0.3, -0.25) is 4.79 Å². The first-order valence-electron chi connectivity index (χ1n) is 18.2. The lowest BCUT2D eigenvalue weighted by atomic mass is 9.87. The van der Waals surface area contributed by atoms with Crippen LogP contribution < -0.4 is 15.4 Å². The molecule has 2 aliphatic heterocycles. The van der Waals surface area contributed by atoms with Crippen LogP contribution in [0.5, 0.6) is 6.01 Å². The molecule has 0 radical (unpaired) electrons. The number of hydrogen-bond acceptors (Lipinski definition) is 10. The number of anilines is 1. The van der Waals surface area contributed by atoms with Gasteiger partial charge in [-0.15, -0.1) is 23.4 Å². The molecule has 0 aliphatic carbocycles. The number of nitrogens with two attached hydrogens (primary N) is 1. The van der Waals surface area contributed by atoms with E-state index in [1.165, 1.54) is 27.0 Å². The third-order valence-electron chi connectivity index (χ3n) is 9.52. The van der Waals surface area contributed by atoms with Gasteiger partial charge < -0.3 is 25.0 Å². The number of ketones is 1. The van der Waals surface area contributed by atoms with E-state index >= 15 is 4.39 Å². The topological polar surface area (TPSA) is 118 Å². The highest BCUT2D eigenvalue weighted by molar-refractivity contribution is 8.00. The van der Waals surface area contributed by atoms with Gasteiger partial charge in [0.25, 0.3) is 0 Å². The minimum atomic E-state index is -5.01.